The molecule has 4 N–H and O–H groups in total. The lowest BCUT2D eigenvalue weighted by atomic mass is 10.0. The van der Waals surface area contributed by atoms with E-state index in [-0.39, 0.29) is 12.2 Å². The second-order valence-corrected chi connectivity index (χ2v) is 5.08. The highest BCUT2D eigenvalue weighted by Crippen LogP contribution is 2.25. The number of nitrogens with two attached hydrogens (primary N) is 1. The zero-order chi connectivity index (χ0) is 15.1. The summed E-state index contributed by atoms with van der Waals surface area (Å²) in [6.45, 7) is 1.23. The predicted molar refractivity (Wildman–Crippen MR) is 81.1 cm³/mol. The van der Waals surface area contributed by atoms with Gasteiger partial charge < -0.3 is 20.8 Å². The van der Waals surface area contributed by atoms with Crippen LogP contribution in [0.1, 0.15) is 5.56 Å². The number of carbonyl (C=O) groups is 1. The summed E-state index contributed by atoms with van der Waals surface area (Å²) < 4.78 is 0. The Morgan fingerprint density at radius 3 is 2.35 bits per heavy atom. The summed E-state index contributed by atoms with van der Waals surface area (Å²) >= 11 is 11.5. The number of carboxylic acids is 1. The van der Waals surface area contributed by atoms with Crippen molar-refractivity contribution in [1.82, 2.24) is 0 Å². The number of aliphatic carboxylic acids is 1. The van der Waals surface area contributed by atoms with Crippen LogP contribution in [-0.2, 0) is 11.2 Å². The van der Waals surface area contributed by atoms with E-state index in [4.69, 9.17) is 34.0 Å². The fraction of sp³-hybridized carbons (Fsp3) is 0.462. The Kier molecular flexibility index (Phi) is 6.91. The Morgan fingerprint density at radius 1 is 1.30 bits per heavy atom. The second-order valence-electron chi connectivity index (χ2n) is 4.33. The maximum atomic E-state index is 10.7. The number of nitrogens with zero attached hydrogens (tertiary/aromatic N) is 1. The molecule has 0 amide bonds. The third-order valence-electron chi connectivity index (χ3n) is 2.90. The maximum absolute atomic E-state index is 10.7. The number of rotatable bonds is 8. The predicted octanol–water partition coefficient (Wildman–Crippen LogP) is 1.63. The van der Waals surface area contributed by atoms with E-state index in [0.29, 0.717) is 30.4 Å². The number of benzene rings is 1. The van der Waals surface area contributed by atoms with Gasteiger partial charge in [-0.2, -0.15) is 0 Å². The van der Waals surface area contributed by atoms with Crippen LogP contribution in [0.4, 0.5) is 5.69 Å². The first-order valence-corrected chi connectivity index (χ1v) is 7.23. The minimum Gasteiger partial charge on any atom is -0.508 e. The molecule has 0 spiro atoms. The van der Waals surface area contributed by atoms with Crippen molar-refractivity contribution in [2.24, 2.45) is 5.73 Å². The van der Waals surface area contributed by atoms with Crippen molar-refractivity contribution in [3.8, 4) is 5.75 Å². The fourth-order valence-electron chi connectivity index (χ4n) is 1.82. The molecule has 0 unspecified atom stereocenters. The Balaban J connectivity index is 2.88. The summed E-state index contributed by atoms with van der Waals surface area (Å²) in [4.78, 5) is 12.7. The van der Waals surface area contributed by atoms with Gasteiger partial charge in [0.15, 0.2) is 0 Å². The summed E-state index contributed by atoms with van der Waals surface area (Å²) in [5.74, 6) is -0.181. The van der Waals surface area contributed by atoms with E-state index < -0.39 is 12.0 Å². The van der Waals surface area contributed by atoms with Crippen LogP contribution in [0, 0.1) is 0 Å². The molecule has 0 heterocycles. The van der Waals surface area contributed by atoms with Gasteiger partial charge in [0.05, 0.1) is 0 Å². The van der Waals surface area contributed by atoms with E-state index in [0.717, 1.165) is 5.69 Å². The molecule has 1 aromatic carbocycles. The van der Waals surface area contributed by atoms with E-state index in [2.05, 4.69) is 0 Å². The molecular weight excluding hydrogens is 303 g/mol. The topological polar surface area (TPSA) is 86.8 Å². The SMILES string of the molecule is N[C@@H](Cc1ccc(N(CCCl)CCCl)cc1O)C(=O)O. The summed E-state index contributed by atoms with van der Waals surface area (Å²) in [5, 5.41) is 18.7. The minimum absolute atomic E-state index is 0.0216. The first-order chi connectivity index (χ1) is 9.49. The average molecular weight is 321 g/mol. The van der Waals surface area contributed by atoms with E-state index in [9.17, 15) is 9.90 Å². The van der Waals surface area contributed by atoms with E-state index in [1.165, 1.54) is 0 Å². The zero-order valence-corrected chi connectivity index (χ0v) is 12.4. The monoisotopic (exact) mass is 320 g/mol. The molecule has 0 aliphatic heterocycles. The molecular formula is C13H18Cl2N2O3. The van der Waals surface area contributed by atoms with Crippen molar-refractivity contribution in [3.05, 3.63) is 23.8 Å². The smallest absolute Gasteiger partial charge is 0.320 e. The van der Waals surface area contributed by atoms with Crippen LogP contribution >= 0.6 is 23.2 Å². The van der Waals surface area contributed by atoms with Gasteiger partial charge in [-0.15, -0.1) is 23.2 Å². The van der Waals surface area contributed by atoms with Crippen molar-refractivity contribution in [3.63, 3.8) is 0 Å². The molecule has 1 aromatic rings. The molecule has 0 bridgehead atoms. The fourth-order valence-corrected chi connectivity index (χ4v) is 2.23. The van der Waals surface area contributed by atoms with Crippen LogP contribution in [0.15, 0.2) is 18.2 Å². The number of alkyl halides is 2. The molecule has 0 aromatic heterocycles. The van der Waals surface area contributed by atoms with Crippen molar-refractivity contribution >= 4 is 34.9 Å². The van der Waals surface area contributed by atoms with Gasteiger partial charge in [-0.05, 0) is 11.6 Å². The molecule has 0 fully saturated rings. The number of hydrogen-bond donors (Lipinski definition) is 3. The second kappa shape index (κ2) is 8.19. The molecule has 0 radical (unpaired) electrons. The summed E-state index contributed by atoms with van der Waals surface area (Å²) in [5.41, 5.74) is 6.74. The Morgan fingerprint density at radius 2 is 1.90 bits per heavy atom. The summed E-state index contributed by atoms with van der Waals surface area (Å²) in [6.07, 6.45) is 0.0759. The molecule has 0 aliphatic rings. The number of anilines is 1. The van der Waals surface area contributed by atoms with Crippen LogP contribution in [-0.4, -0.2) is 47.1 Å². The van der Waals surface area contributed by atoms with E-state index >= 15 is 0 Å². The molecule has 1 atom stereocenters. The number of aromatic hydroxyl groups is 1. The van der Waals surface area contributed by atoms with Gasteiger partial charge in [0, 0.05) is 43.0 Å². The Bertz CT molecular complexity index is 451. The van der Waals surface area contributed by atoms with Gasteiger partial charge in [0.2, 0.25) is 0 Å². The number of phenols is 1. The summed E-state index contributed by atoms with van der Waals surface area (Å²) in [6, 6.07) is 4.00. The van der Waals surface area contributed by atoms with E-state index in [1.54, 1.807) is 18.2 Å². The minimum atomic E-state index is -1.10. The Labute approximate surface area is 127 Å². The average Bonchev–Trinajstić information content (AvgIpc) is 2.40. The van der Waals surface area contributed by atoms with Crippen LogP contribution in [0.25, 0.3) is 0 Å². The van der Waals surface area contributed by atoms with E-state index in [1.807, 2.05) is 4.90 Å². The lowest BCUT2D eigenvalue weighted by Crippen LogP contribution is -2.32. The highest BCUT2D eigenvalue weighted by atomic mass is 35.5. The molecule has 1 rings (SSSR count). The first-order valence-electron chi connectivity index (χ1n) is 6.16. The maximum Gasteiger partial charge on any atom is 0.320 e. The van der Waals surface area contributed by atoms with Crippen LogP contribution < -0.4 is 10.6 Å². The van der Waals surface area contributed by atoms with Crippen LogP contribution in [0.3, 0.4) is 0 Å². The molecule has 7 heteroatoms. The zero-order valence-electron chi connectivity index (χ0n) is 10.9. The summed E-state index contributed by atoms with van der Waals surface area (Å²) in [7, 11) is 0. The quantitative estimate of drug-likeness (QED) is 0.634. The van der Waals surface area contributed by atoms with Crippen molar-refractivity contribution in [1.29, 1.82) is 0 Å². The van der Waals surface area contributed by atoms with Gasteiger partial charge in [-0.3, -0.25) is 4.79 Å². The molecule has 0 saturated heterocycles. The molecule has 5 nitrogen and oxygen atoms in total. The largest absolute Gasteiger partial charge is 0.508 e. The van der Waals surface area contributed by atoms with Crippen LogP contribution in [0.2, 0.25) is 0 Å². The number of phenolic OH excluding ortho intramolecular Hbond substituents is 1. The van der Waals surface area contributed by atoms with Gasteiger partial charge in [-0.1, -0.05) is 6.07 Å². The third kappa shape index (κ3) is 4.74. The number of hydrogen-bond acceptors (Lipinski definition) is 4. The Hall–Kier alpha value is -1.17. The highest BCUT2D eigenvalue weighted by molar-refractivity contribution is 6.18. The van der Waals surface area contributed by atoms with Crippen molar-refractivity contribution in [2.45, 2.75) is 12.5 Å². The standard InChI is InChI=1S/C13H18Cl2N2O3/c14-3-5-17(6-4-15)10-2-1-9(12(18)8-10)7-11(16)13(19)20/h1-2,8,11,18H,3-7,16H2,(H,19,20)/t11-/m0/s1. The number of halogens is 2. The van der Waals surface area contributed by atoms with Gasteiger partial charge in [0.1, 0.15) is 11.8 Å². The van der Waals surface area contributed by atoms with Gasteiger partial charge in [0.25, 0.3) is 0 Å². The highest BCUT2D eigenvalue weighted by Gasteiger charge is 2.15. The molecule has 20 heavy (non-hydrogen) atoms. The van der Waals surface area contributed by atoms with Crippen molar-refractivity contribution < 1.29 is 15.0 Å². The molecule has 0 saturated carbocycles. The third-order valence-corrected chi connectivity index (χ3v) is 3.24. The van der Waals surface area contributed by atoms with Gasteiger partial charge >= 0.3 is 5.97 Å². The lowest BCUT2D eigenvalue weighted by molar-refractivity contribution is -0.138. The van der Waals surface area contributed by atoms with Gasteiger partial charge in [-0.25, -0.2) is 0 Å². The molecule has 0 aliphatic carbocycles. The number of carboxylic acid groups (broad SMARTS) is 1. The molecule has 112 valence electrons. The van der Waals surface area contributed by atoms with Crippen LogP contribution in [0.5, 0.6) is 5.75 Å². The lowest BCUT2D eigenvalue weighted by Gasteiger charge is -2.23. The van der Waals surface area contributed by atoms with Crippen molar-refractivity contribution in [2.75, 3.05) is 29.7 Å². The normalized spacial score (nSPS) is 12.2. The first kappa shape index (κ1) is 16.9.